The molecular formula is C19H24ClN3O6. The molecule has 0 bridgehead atoms. The maximum absolute atomic E-state index is 11.0. The molecule has 9 nitrogen and oxygen atoms in total. The fraction of sp³-hybridized carbons (Fsp3) is 0.421. The largest absolute Gasteiger partial charge is 0.478 e. The van der Waals surface area contributed by atoms with Gasteiger partial charge in [0, 0.05) is 55.6 Å². The summed E-state index contributed by atoms with van der Waals surface area (Å²) in [6, 6.07) is 8.01. The van der Waals surface area contributed by atoms with Crippen molar-refractivity contribution < 1.29 is 29.3 Å². The first kappa shape index (κ1) is 22.5. The number of cyclic esters (lactones) is 1. The third-order valence-electron chi connectivity index (χ3n) is 4.43. The molecule has 2 fully saturated rings. The second-order valence-corrected chi connectivity index (χ2v) is 6.95. The van der Waals surface area contributed by atoms with Crippen LogP contribution in [0.2, 0.25) is 5.02 Å². The van der Waals surface area contributed by atoms with Crippen LogP contribution in [-0.2, 0) is 14.3 Å². The van der Waals surface area contributed by atoms with Gasteiger partial charge in [-0.15, -0.1) is 0 Å². The van der Waals surface area contributed by atoms with Crippen LogP contribution >= 0.6 is 11.6 Å². The van der Waals surface area contributed by atoms with Gasteiger partial charge in [0.1, 0.15) is 6.10 Å². The van der Waals surface area contributed by atoms with Crippen molar-refractivity contribution in [2.24, 2.45) is 0 Å². The SMILES string of the molecule is O=C(O)/C=C\C(=O)O.O=C1NCC(CCN2CCN(c3cccc(Cl)c3)CC2)O1. The van der Waals surface area contributed by atoms with Gasteiger partial charge in [0.2, 0.25) is 0 Å². The molecule has 158 valence electrons. The van der Waals surface area contributed by atoms with E-state index in [0.29, 0.717) is 18.7 Å². The predicted molar refractivity (Wildman–Crippen MR) is 107 cm³/mol. The summed E-state index contributed by atoms with van der Waals surface area (Å²) in [5, 5.41) is 19.1. The summed E-state index contributed by atoms with van der Waals surface area (Å²) in [4.78, 5) is 34.9. The topological polar surface area (TPSA) is 119 Å². The van der Waals surface area contributed by atoms with E-state index in [4.69, 9.17) is 26.6 Å². The molecule has 0 spiro atoms. The zero-order valence-electron chi connectivity index (χ0n) is 15.8. The Hall–Kier alpha value is -2.78. The Morgan fingerprint density at radius 3 is 2.34 bits per heavy atom. The number of ether oxygens (including phenoxy) is 1. The molecule has 1 aromatic carbocycles. The molecule has 0 aromatic heterocycles. The van der Waals surface area contributed by atoms with E-state index in [1.54, 1.807) is 0 Å². The van der Waals surface area contributed by atoms with Gasteiger partial charge in [0.25, 0.3) is 0 Å². The number of hydrogen-bond donors (Lipinski definition) is 3. The average molecular weight is 426 g/mol. The Balaban J connectivity index is 0.000000321. The molecule has 3 N–H and O–H groups in total. The van der Waals surface area contributed by atoms with Crippen LogP contribution in [0.3, 0.4) is 0 Å². The van der Waals surface area contributed by atoms with Gasteiger partial charge in [0.05, 0.1) is 6.54 Å². The van der Waals surface area contributed by atoms with Crippen LogP contribution in [0.25, 0.3) is 0 Å². The van der Waals surface area contributed by atoms with E-state index < -0.39 is 11.9 Å². The highest BCUT2D eigenvalue weighted by atomic mass is 35.5. The quantitative estimate of drug-likeness (QED) is 0.589. The number of halogens is 1. The lowest BCUT2D eigenvalue weighted by Gasteiger charge is -2.36. The van der Waals surface area contributed by atoms with E-state index in [9.17, 15) is 14.4 Å². The van der Waals surface area contributed by atoms with E-state index in [-0.39, 0.29) is 12.2 Å². The fourth-order valence-corrected chi connectivity index (χ4v) is 3.15. The van der Waals surface area contributed by atoms with Crippen LogP contribution < -0.4 is 10.2 Å². The molecule has 1 unspecified atom stereocenters. The number of hydrogen-bond acceptors (Lipinski definition) is 6. The number of amides is 1. The molecular weight excluding hydrogens is 402 g/mol. The predicted octanol–water partition coefficient (Wildman–Crippen LogP) is 1.67. The molecule has 1 atom stereocenters. The summed E-state index contributed by atoms with van der Waals surface area (Å²) >= 11 is 6.04. The summed E-state index contributed by atoms with van der Waals surface area (Å²) in [7, 11) is 0. The Morgan fingerprint density at radius 2 is 1.83 bits per heavy atom. The Bertz CT molecular complexity index is 733. The van der Waals surface area contributed by atoms with Gasteiger partial charge in [-0.3, -0.25) is 4.90 Å². The van der Waals surface area contributed by atoms with Gasteiger partial charge in [0.15, 0.2) is 0 Å². The standard InChI is InChI=1S/C15H20ClN3O2.C4H4O4/c16-12-2-1-3-13(10-12)19-8-6-18(7-9-19)5-4-14-11-17-15(20)21-14;5-3(6)1-2-4(7)8/h1-3,10,14H,4-9,11H2,(H,17,20);1-2H,(H,5,6)(H,7,8)/b;2-1-. The van der Waals surface area contributed by atoms with Gasteiger partial charge in [-0.05, 0) is 24.6 Å². The molecule has 2 aliphatic heterocycles. The van der Waals surface area contributed by atoms with Crippen LogP contribution in [0.4, 0.5) is 10.5 Å². The molecule has 29 heavy (non-hydrogen) atoms. The van der Waals surface area contributed by atoms with Crippen molar-refractivity contribution in [1.29, 1.82) is 0 Å². The highest BCUT2D eigenvalue weighted by molar-refractivity contribution is 6.30. The Labute approximate surface area is 173 Å². The normalized spacial score (nSPS) is 19.3. The van der Waals surface area contributed by atoms with Crippen molar-refractivity contribution in [2.75, 3.05) is 44.2 Å². The minimum Gasteiger partial charge on any atom is -0.478 e. The summed E-state index contributed by atoms with van der Waals surface area (Å²) in [6.07, 6.45) is 1.76. The highest BCUT2D eigenvalue weighted by Gasteiger charge is 2.24. The van der Waals surface area contributed by atoms with Gasteiger partial charge in [-0.25, -0.2) is 14.4 Å². The summed E-state index contributed by atoms with van der Waals surface area (Å²) in [5.41, 5.74) is 1.19. The first-order chi connectivity index (χ1) is 13.8. The molecule has 0 saturated carbocycles. The maximum Gasteiger partial charge on any atom is 0.407 e. The van der Waals surface area contributed by atoms with E-state index in [1.807, 2.05) is 18.2 Å². The lowest BCUT2D eigenvalue weighted by atomic mass is 10.2. The van der Waals surface area contributed by atoms with E-state index >= 15 is 0 Å². The number of nitrogens with zero attached hydrogens (tertiary/aromatic N) is 2. The van der Waals surface area contributed by atoms with E-state index in [0.717, 1.165) is 44.2 Å². The van der Waals surface area contributed by atoms with Crippen molar-refractivity contribution in [3.8, 4) is 0 Å². The first-order valence-corrected chi connectivity index (χ1v) is 9.52. The van der Waals surface area contributed by atoms with Crippen LogP contribution in [0.1, 0.15) is 6.42 Å². The van der Waals surface area contributed by atoms with Gasteiger partial charge < -0.3 is 25.2 Å². The number of nitrogens with one attached hydrogen (secondary N) is 1. The molecule has 2 heterocycles. The van der Waals surface area contributed by atoms with Gasteiger partial charge >= 0.3 is 18.0 Å². The maximum atomic E-state index is 11.0. The number of carbonyl (C=O) groups excluding carboxylic acids is 1. The molecule has 1 amide bonds. The lowest BCUT2D eigenvalue weighted by Crippen LogP contribution is -2.47. The number of aliphatic carboxylic acids is 2. The van der Waals surface area contributed by atoms with Gasteiger partial charge in [-0.2, -0.15) is 0 Å². The molecule has 10 heteroatoms. The number of alkyl carbamates (subject to hydrolysis) is 1. The van der Waals surface area contributed by atoms with Crippen molar-refractivity contribution in [3.05, 3.63) is 41.4 Å². The second kappa shape index (κ2) is 11.3. The number of rotatable bonds is 6. The minimum absolute atomic E-state index is 0.0310. The second-order valence-electron chi connectivity index (χ2n) is 6.52. The zero-order chi connectivity index (χ0) is 21.2. The smallest absolute Gasteiger partial charge is 0.407 e. The number of anilines is 1. The molecule has 1 aromatic rings. The molecule has 2 aliphatic rings. The average Bonchev–Trinajstić information content (AvgIpc) is 3.11. The summed E-state index contributed by atoms with van der Waals surface area (Å²) in [5.74, 6) is -2.51. The highest BCUT2D eigenvalue weighted by Crippen LogP contribution is 2.21. The van der Waals surface area contributed by atoms with E-state index in [1.165, 1.54) is 5.69 Å². The first-order valence-electron chi connectivity index (χ1n) is 9.15. The lowest BCUT2D eigenvalue weighted by molar-refractivity contribution is -0.134. The van der Waals surface area contributed by atoms with Crippen LogP contribution in [0, 0.1) is 0 Å². The van der Waals surface area contributed by atoms with Crippen LogP contribution in [0.5, 0.6) is 0 Å². The molecule has 0 radical (unpaired) electrons. The summed E-state index contributed by atoms with van der Waals surface area (Å²) in [6.45, 7) is 5.68. The fourth-order valence-electron chi connectivity index (χ4n) is 2.96. The van der Waals surface area contributed by atoms with Crippen molar-refractivity contribution >= 4 is 35.3 Å². The van der Waals surface area contributed by atoms with Crippen molar-refractivity contribution in [1.82, 2.24) is 10.2 Å². The number of benzene rings is 1. The van der Waals surface area contributed by atoms with Crippen molar-refractivity contribution in [2.45, 2.75) is 12.5 Å². The van der Waals surface area contributed by atoms with Crippen LogP contribution in [-0.4, -0.2) is 78.5 Å². The van der Waals surface area contributed by atoms with Crippen LogP contribution in [0.15, 0.2) is 36.4 Å². The Morgan fingerprint density at radius 1 is 1.17 bits per heavy atom. The number of carboxylic acid groups (broad SMARTS) is 2. The molecule has 0 aliphatic carbocycles. The minimum atomic E-state index is -1.26. The zero-order valence-corrected chi connectivity index (χ0v) is 16.5. The van der Waals surface area contributed by atoms with E-state index in [2.05, 4.69) is 21.2 Å². The monoisotopic (exact) mass is 425 g/mol. The number of carboxylic acids is 2. The number of piperazine rings is 1. The third kappa shape index (κ3) is 8.41. The molecule has 2 saturated heterocycles. The summed E-state index contributed by atoms with van der Waals surface area (Å²) < 4.78 is 5.15. The van der Waals surface area contributed by atoms with Gasteiger partial charge in [-0.1, -0.05) is 17.7 Å². The van der Waals surface area contributed by atoms with Crippen molar-refractivity contribution in [3.63, 3.8) is 0 Å². The third-order valence-corrected chi connectivity index (χ3v) is 4.66. The molecule has 3 rings (SSSR count). The Kier molecular flexibility index (Phi) is 8.75. The number of carbonyl (C=O) groups is 3.